The van der Waals surface area contributed by atoms with Crippen LogP contribution in [0.2, 0.25) is 5.02 Å². The van der Waals surface area contributed by atoms with Gasteiger partial charge in [0, 0.05) is 23.7 Å². The van der Waals surface area contributed by atoms with Crippen LogP contribution in [0.3, 0.4) is 0 Å². The summed E-state index contributed by atoms with van der Waals surface area (Å²) in [6, 6.07) is 19.7. The van der Waals surface area contributed by atoms with Gasteiger partial charge in [0.15, 0.2) is 0 Å². The van der Waals surface area contributed by atoms with E-state index in [0.29, 0.717) is 11.4 Å². The van der Waals surface area contributed by atoms with Crippen LogP contribution in [0.5, 0.6) is 0 Å². The number of carbonyl (C=O) groups excluding carboxylic acids is 2. The molecule has 0 radical (unpaired) electrons. The van der Waals surface area contributed by atoms with E-state index in [1.807, 2.05) is 70.6 Å². The summed E-state index contributed by atoms with van der Waals surface area (Å²) >= 11 is 6.22. The Morgan fingerprint density at radius 2 is 1.48 bits per heavy atom. The minimum absolute atomic E-state index is 0.0489. The summed E-state index contributed by atoms with van der Waals surface area (Å²) in [7, 11) is 0. The van der Waals surface area contributed by atoms with E-state index in [1.54, 1.807) is 0 Å². The van der Waals surface area contributed by atoms with Crippen molar-refractivity contribution < 1.29 is 9.59 Å². The summed E-state index contributed by atoms with van der Waals surface area (Å²) in [6.07, 6.45) is 15.5. The van der Waals surface area contributed by atoms with E-state index in [2.05, 4.69) is 17.6 Å². The number of aromatic nitrogens is 1. The van der Waals surface area contributed by atoms with Gasteiger partial charge >= 0.3 is 0 Å². The Labute approximate surface area is 244 Å². The number of benzene rings is 2. The van der Waals surface area contributed by atoms with Crippen molar-refractivity contribution in [1.29, 1.82) is 0 Å². The van der Waals surface area contributed by atoms with Crippen LogP contribution >= 0.6 is 11.6 Å². The smallest absolute Gasteiger partial charge is 0.247 e. The first-order chi connectivity index (χ1) is 19.6. The van der Waals surface area contributed by atoms with Crippen LogP contribution in [0.1, 0.15) is 101 Å². The molecule has 1 aromatic heterocycles. The van der Waals surface area contributed by atoms with Gasteiger partial charge in [-0.25, -0.2) is 0 Å². The lowest BCUT2D eigenvalue weighted by atomic mass is 9.97. The van der Waals surface area contributed by atoms with Gasteiger partial charge in [-0.3, -0.25) is 14.5 Å². The molecular formula is C34H42ClN3O2. The van der Waals surface area contributed by atoms with Crippen LogP contribution in [0.4, 0.5) is 5.69 Å². The van der Waals surface area contributed by atoms with E-state index < -0.39 is 0 Å². The first-order valence-corrected chi connectivity index (χ1v) is 15.6. The average Bonchev–Trinajstić information content (AvgIpc) is 3.69. The van der Waals surface area contributed by atoms with Crippen molar-refractivity contribution in [2.24, 2.45) is 0 Å². The maximum absolute atomic E-state index is 14.2. The quantitative estimate of drug-likeness (QED) is 0.186. The Morgan fingerprint density at radius 3 is 2.15 bits per heavy atom. The van der Waals surface area contributed by atoms with Crippen molar-refractivity contribution in [3.8, 4) is 5.69 Å². The number of para-hydroxylation sites is 2. The summed E-state index contributed by atoms with van der Waals surface area (Å²) in [5.74, 6) is 0.0719. The molecule has 0 spiro atoms. The molecule has 1 fully saturated rings. The van der Waals surface area contributed by atoms with Crippen LogP contribution in [-0.4, -0.2) is 33.9 Å². The van der Waals surface area contributed by atoms with E-state index in [0.717, 1.165) is 48.3 Å². The molecule has 1 atom stereocenters. The van der Waals surface area contributed by atoms with Crippen LogP contribution in [-0.2, 0) is 9.59 Å². The monoisotopic (exact) mass is 559 g/mol. The first kappa shape index (κ1) is 28.5. The molecule has 0 unspecified atom stereocenters. The highest BCUT2D eigenvalue weighted by Gasteiger charge is 2.39. The molecule has 0 N–H and O–H groups in total. The van der Waals surface area contributed by atoms with Crippen LogP contribution in [0.15, 0.2) is 66.9 Å². The van der Waals surface area contributed by atoms with Gasteiger partial charge in [-0.05, 0) is 61.2 Å². The third-order valence-corrected chi connectivity index (χ3v) is 8.53. The molecule has 5 rings (SSSR count). The third kappa shape index (κ3) is 6.63. The van der Waals surface area contributed by atoms with Crippen molar-refractivity contribution in [1.82, 2.24) is 9.47 Å². The maximum atomic E-state index is 14.2. The van der Waals surface area contributed by atoms with E-state index in [4.69, 9.17) is 11.6 Å². The van der Waals surface area contributed by atoms with E-state index in [9.17, 15) is 9.59 Å². The fourth-order valence-electron chi connectivity index (χ4n) is 5.98. The van der Waals surface area contributed by atoms with Gasteiger partial charge in [0.25, 0.3) is 0 Å². The Hall–Kier alpha value is -3.05. The summed E-state index contributed by atoms with van der Waals surface area (Å²) in [6.45, 7) is 2.36. The number of halogens is 1. The van der Waals surface area contributed by atoms with Gasteiger partial charge in [0.05, 0.1) is 17.1 Å². The lowest BCUT2D eigenvalue weighted by Crippen LogP contribution is -2.47. The van der Waals surface area contributed by atoms with Gasteiger partial charge in [0.1, 0.15) is 12.6 Å². The number of fused-ring (bicyclic) bond motifs is 3. The van der Waals surface area contributed by atoms with E-state index >= 15 is 0 Å². The number of hydrogen-bond acceptors (Lipinski definition) is 2. The maximum Gasteiger partial charge on any atom is 0.247 e. The zero-order chi connectivity index (χ0) is 27.9. The highest BCUT2D eigenvalue weighted by Crippen LogP contribution is 2.42. The molecule has 1 aliphatic heterocycles. The predicted molar refractivity (Wildman–Crippen MR) is 163 cm³/mol. The topological polar surface area (TPSA) is 45.6 Å². The fraction of sp³-hybridized carbons (Fsp3) is 0.471. The van der Waals surface area contributed by atoms with Crippen LogP contribution in [0, 0.1) is 0 Å². The molecule has 212 valence electrons. The number of nitrogens with zero attached hydrogens (tertiary/aromatic N) is 3. The molecule has 40 heavy (non-hydrogen) atoms. The summed E-state index contributed by atoms with van der Waals surface area (Å²) in [5.41, 5.74) is 3.85. The SMILES string of the molecule is CCCCCCCCCCCC(=O)N(CC(=O)N1c2ccccc2-n2cccc2[C@H]1c1ccc(Cl)cc1)C1CC1. The number of hydrogen-bond donors (Lipinski definition) is 0. The Bertz CT molecular complexity index is 1280. The zero-order valence-electron chi connectivity index (χ0n) is 23.7. The predicted octanol–water partition coefficient (Wildman–Crippen LogP) is 8.48. The zero-order valence-corrected chi connectivity index (χ0v) is 24.5. The minimum Gasteiger partial charge on any atom is -0.330 e. The number of unbranched alkanes of at least 4 members (excludes halogenated alkanes) is 8. The average molecular weight is 560 g/mol. The lowest BCUT2D eigenvalue weighted by molar-refractivity contribution is -0.136. The minimum atomic E-state index is -0.303. The third-order valence-electron chi connectivity index (χ3n) is 8.28. The highest BCUT2D eigenvalue weighted by molar-refractivity contribution is 6.30. The summed E-state index contributed by atoms with van der Waals surface area (Å²) in [5, 5.41) is 0.662. The van der Waals surface area contributed by atoms with Gasteiger partial charge in [-0.1, -0.05) is 94.2 Å². The number of rotatable bonds is 14. The largest absolute Gasteiger partial charge is 0.330 e. The summed E-state index contributed by atoms with van der Waals surface area (Å²) < 4.78 is 2.16. The molecule has 2 aromatic carbocycles. The molecule has 3 aromatic rings. The fourth-order valence-corrected chi connectivity index (χ4v) is 6.11. The molecule has 6 heteroatoms. The van der Waals surface area contributed by atoms with Gasteiger partial charge in [-0.2, -0.15) is 0 Å². The lowest BCUT2D eigenvalue weighted by Gasteiger charge is -2.39. The molecule has 2 heterocycles. The molecule has 5 nitrogen and oxygen atoms in total. The molecule has 0 saturated heterocycles. The van der Waals surface area contributed by atoms with E-state index in [-0.39, 0.29) is 30.4 Å². The van der Waals surface area contributed by atoms with Crippen LogP contribution in [0.25, 0.3) is 5.69 Å². The van der Waals surface area contributed by atoms with Gasteiger partial charge in [-0.15, -0.1) is 0 Å². The molecule has 1 aliphatic carbocycles. The van der Waals surface area contributed by atoms with Gasteiger partial charge < -0.3 is 9.47 Å². The molecule has 0 bridgehead atoms. The second-order valence-corrected chi connectivity index (χ2v) is 11.8. The van der Waals surface area contributed by atoms with Crippen molar-refractivity contribution in [2.75, 3.05) is 11.4 Å². The Balaban J connectivity index is 1.28. The van der Waals surface area contributed by atoms with E-state index in [1.165, 1.54) is 44.9 Å². The van der Waals surface area contributed by atoms with Gasteiger partial charge in [0.2, 0.25) is 11.8 Å². The van der Waals surface area contributed by atoms with Crippen molar-refractivity contribution in [3.05, 3.63) is 83.1 Å². The number of amides is 2. The molecule has 2 amide bonds. The second kappa shape index (κ2) is 13.5. The normalized spacial score (nSPS) is 15.9. The van der Waals surface area contributed by atoms with Crippen molar-refractivity contribution >= 4 is 29.1 Å². The Kier molecular flexibility index (Phi) is 9.64. The second-order valence-electron chi connectivity index (χ2n) is 11.3. The summed E-state index contributed by atoms with van der Waals surface area (Å²) in [4.78, 5) is 31.3. The standard InChI is InChI=1S/C34H42ClN3O2/c1-2-3-4-5-6-7-8-9-10-17-32(39)37(28-22-23-28)25-33(40)38-30-15-12-11-14-29(30)36-24-13-16-31(36)34(38)26-18-20-27(35)21-19-26/h11-16,18-21,24,28,34H,2-10,17,22-23,25H2,1H3/t34-/m1/s1. The highest BCUT2D eigenvalue weighted by atomic mass is 35.5. The molecular weight excluding hydrogens is 518 g/mol. The first-order valence-electron chi connectivity index (χ1n) is 15.2. The molecule has 1 saturated carbocycles. The number of anilines is 1. The van der Waals surface area contributed by atoms with Crippen molar-refractivity contribution in [3.63, 3.8) is 0 Å². The number of carbonyl (C=O) groups is 2. The van der Waals surface area contributed by atoms with Crippen molar-refractivity contribution in [2.45, 2.75) is 96.1 Å². The molecule has 2 aliphatic rings. The van der Waals surface area contributed by atoms with Crippen LogP contribution < -0.4 is 4.90 Å². The Morgan fingerprint density at radius 1 is 0.825 bits per heavy atom.